The van der Waals surface area contributed by atoms with Crippen LogP contribution in [0.1, 0.15) is 16.7 Å². The van der Waals surface area contributed by atoms with Gasteiger partial charge in [-0.05, 0) is 36.1 Å². The minimum absolute atomic E-state index is 0.242. The summed E-state index contributed by atoms with van der Waals surface area (Å²) in [5.74, 6) is 0. The Morgan fingerprint density at radius 2 is 1.74 bits per heavy atom. The van der Waals surface area contributed by atoms with E-state index in [4.69, 9.17) is 0 Å². The van der Waals surface area contributed by atoms with Crippen LogP contribution in [0.5, 0.6) is 0 Å². The Hall–Kier alpha value is -1.12. The maximum atomic E-state index is 3.71. The van der Waals surface area contributed by atoms with Gasteiger partial charge in [-0.3, -0.25) is 0 Å². The smallest absolute Gasteiger partial charge is 0.0254 e. The first-order valence-corrected chi connectivity index (χ1v) is 7.51. The molecular weight excluding hydrogens is 298 g/mol. The Labute approximate surface area is 123 Å². The first kappa shape index (κ1) is 12.9. The van der Waals surface area contributed by atoms with Gasteiger partial charge in [-0.1, -0.05) is 58.4 Å². The van der Waals surface area contributed by atoms with Crippen molar-refractivity contribution in [3.63, 3.8) is 0 Å². The van der Waals surface area contributed by atoms with Gasteiger partial charge >= 0.3 is 0 Å². The summed E-state index contributed by atoms with van der Waals surface area (Å²) in [5.41, 5.74) is 4.52. The molecule has 1 fully saturated rings. The first-order valence-electron chi connectivity index (χ1n) is 6.72. The monoisotopic (exact) mass is 315 g/mol. The van der Waals surface area contributed by atoms with Gasteiger partial charge in [0, 0.05) is 23.0 Å². The van der Waals surface area contributed by atoms with Crippen molar-refractivity contribution in [1.29, 1.82) is 0 Å². The Morgan fingerprint density at radius 3 is 2.37 bits per heavy atom. The normalized spacial score (nSPS) is 16.9. The third kappa shape index (κ3) is 2.35. The van der Waals surface area contributed by atoms with Crippen LogP contribution in [0.15, 0.2) is 53.0 Å². The van der Waals surface area contributed by atoms with E-state index in [0.29, 0.717) is 0 Å². The molecule has 0 bridgehead atoms. The molecule has 2 aromatic carbocycles. The van der Waals surface area contributed by atoms with Crippen molar-refractivity contribution in [3.8, 4) is 0 Å². The highest BCUT2D eigenvalue weighted by Gasteiger charge is 2.40. The molecule has 0 aromatic heterocycles. The lowest BCUT2D eigenvalue weighted by Crippen LogP contribution is -2.58. The van der Waals surface area contributed by atoms with Crippen LogP contribution in [0.3, 0.4) is 0 Å². The van der Waals surface area contributed by atoms with Crippen LogP contribution >= 0.6 is 15.9 Å². The van der Waals surface area contributed by atoms with E-state index in [9.17, 15) is 0 Å². The topological polar surface area (TPSA) is 12.0 Å². The summed E-state index contributed by atoms with van der Waals surface area (Å²) >= 11 is 3.71. The SMILES string of the molecule is Cc1ccccc1CC1(c2ccccc2Br)CNC1. The standard InChI is InChI=1S/C17H18BrN/c1-13-6-2-3-7-14(13)10-17(11-19-12-17)15-8-4-5-9-16(15)18/h2-9,19H,10-12H2,1H3. The lowest BCUT2D eigenvalue weighted by molar-refractivity contribution is 0.273. The van der Waals surface area contributed by atoms with Crippen molar-refractivity contribution in [2.24, 2.45) is 0 Å². The Bertz CT molecular complexity index is 587. The molecule has 0 atom stereocenters. The molecule has 0 amide bonds. The van der Waals surface area contributed by atoms with Gasteiger partial charge in [0.05, 0.1) is 0 Å². The average Bonchev–Trinajstić information content (AvgIpc) is 2.37. The van der Waals surface area contributed by atoms with Crippen molar-refractivity contribution in [1.82, 2.24) is 5.32 Å². The lowest BCUT2D eigenvalue weighted by Gasteiger charge is -2.44. The molecule has 98 valence electrons. The van der Waals surface area contributed by atoms with Gasteiger partial charge in [0.2, 0.25) is 0 Å². The van der Waals surface area contributed by atoms with Gasteiger partial charge in [-0.25, -0.2) is 0 Å². The predicted octanol–water partition coefficient (Wildman–Crippen LogP) is 3.84. The molecular formula is C17H18BrN. The van der Waals surface area contributed by atoms with Gasteiger partial charge in [0.25, 0.3) is 0 Å². The van der Waals surface area contributed by atoms with Crippen LogP contribution in [-0.4, -0.2) is 13.1 Å². The molecule has 0 saturated carbocycles. The van der Waals surface area contributed by atoms with Crippen LogP contribution in [0.25, 0.3) is 0 Å². The first-order chi connectivity index (χ1) is 9.21. The second kappa shape index (κ2) is 5.10. The molecule has 19 heavy (non-hydrogen) atoms. The Kier molecular flexibility index (Phi) is 3.46. The fourth-order valence-corrected chi connectivity index (χ4v) is 3.61. The van der Waals surface area contributed by atoms with Crippen LogP contribution in [0.2, 0.25) is 0 Å². The van der Waals surface area contributed by atoms with Crippen molar-refractivity contribution < 1.29 is 0 Å². The Morgan fingerprint density at radius 1 is 1.05 bits per heavy atom. The zero-order valence-corrected chi connectivity index (χ0v) is 12.7. The molecule has 1 saturated heterocycles. The molecule has 2 aromatic rings. The van der Waals surface area contributed by atoms with Crippen molar-refractivity contribution in [2.75, 3.05) is 13.1 Å². The van der Waals surface area contributed by atoms with Crippen LogP contribution in [0, 0.1) is 6.92 Å². The van der Waals surface area contributed by atoms with Crippen molar-refractivity contribution >= 4 is 15.9 Å². The second-order valence-corrected chi connectivity index (χ2v) is 6.32. The molecule has 3 rings (SSSR count). The number of aryl methyl sites for hydroxylation is 1. The summed E-state index contributed by atoms with van der Waals surface area (Å²) in [6.07, 6.45) is 1.11. The molecule has 1 aliphatic rings. The van der Waals surface area contributed by atoms with E-state index in [1.807, 2.05) is 0 Å². The van der Waals surface area contributed by atoms with Crippen LogP contribution in [-0.2, 0) is 11.8 Å². The van der Waals surface area contributed by atoms with E-state index < -0.39 is 0 Å². The molecule has 1 N–H and O–H groups in total. The fraction of sp³-hybridized carbons (Fsp3) is 0.294. The highest BCUT2D eigenvalue weighted by atomic mass is 79.9. The van der Waals surface area contributed by atoms with Gasteiger partial charge in [-0.2, -0.15) is 0 Å². The minimum Gasteiger partial charge on any atom is -0.315 e. The zero-order chi connectivity index (χ0) is 13.3. The lowest BCUT2D eigenvalue weighted by atomic mass is 9.70. The highest BCUT2D eigenvalue weighted by molar-refractivity contribution is 9.10. The molecule has 1 nitrogen and oxygen atoms in total. The average molecular weight is 316 g/mol. The quantitative estimate of drug-likeness (QED) is 0.907. The number of rotatable bonds is 3. The highest BCUT2D eigenvalue weighted by Crippen LogP contribution is 2.37. The largest absolute Gasteiger partial charge is 0.315 e. The third-order valence-corrected chi connectivity index (χ3v) is 4.85. The van der Waals surface area contributed by atoms with Gasteiger partial charge in [0.1, 0.15) is 0 Å². The van der Waals surface area contributed by atoms with E-state index in [2.05, 4.69) is 76.7 Å². The van der Waals surface area contributed by atoms with E-state index >= 15 is 0 Å². The summed E-state index contributed by atoms with van der Waals surface area (Å²) < 4.78 is 1.23. The Balaban J connectivity index is 1.97. The molecule has 0 unspecified atom stereocenters. The number of hydrogen-bond acceptors (Lipinski definition) is 1. The van der Waals surface area contributed by atoms with Gasteiger partial charge < -0.3 is 5.32 Å². The predicted molar refractivity (Wildman–Crippen MR) is 83.6 cm³/mol. The molecule has 2 heteroatoms. The van der Waals surface area contributed by atoms with E-state index in [0.717, 1.165) is 19.5 Å². The van der Waals surface area contributed by atoms with Gasteiger partial charge in [0.15, 0.2) is 0 Å². The third-order valence-electron chi connectivity index (χ3n) is 4.16. The summed E-state index contributed by atoms with van der Waals surface area (Å²) in [4.78, 5) is 0. The van der Waals surface area contributed by atoms with E-state index in [1.54, 1.807) is 0 Å². The van der Waals surface area contributed by atoms with Crippen molar-refractivity contribution in [2.45, 2.75) is 18.8 Å². The van der Waals surface area contributed by atoms with E-state index in [1.165, 1.54) is 21.2 Å². The number of halogens is 1. The zero-order valence-electron chi connectivity index (χ0n) is 11.1. The molecule has 1 heterocycles. The van der Waals surface area contributed by atoms with Crippen molar-refractivity contribution in [3.05, 3.63) is 69.7 Å². The number of hydrogen-bond donors (Lipinski definition) is 1. The second-order valence-electron chi connectivity index (χ2n) is 5.47. The molecule has 0 radical (unpaired) electrons. The molecule has 0 aliphatic carbocycles. The maximum absolute atomic E-state index is 3.71. The maximum Gasteiger partial charge on any atom is 0.0254 e. The number of nitrogens with one attached hydrogen (secondary N) is 1. The summed E-state index contributed by atoms with van der Waals surface area (Å²) in [6, 6.07) is 17.3. The van der Waals surface area contributed by atoms with Gasteiger partial charge in [-0.15, -0.1) is 0 Å². The molecule has 1 aliphatic heterocycles. The summed E-state index contributed by atoms with van der Waals surface area (Å²) in [5, 5.41) is 3.45. The summed E-state index contributed by atoms with van der Waals surface area (Å²) in [7, 11) is 0. The minimum atomic E-state index is 0.242. The molecule has 0 spiro atoms. The van der Waals surface area contributed by atoms with Crippen LogP contribution in [0.4, 0.5) is 0 Å². The number of benzene rings is 2. The van der Waals surface area contributed by atoms with E-state index in [-0.39, 0.29) is 5.41 Å². The fourth-order valence-electron chi connectivity index (χ4n) is 2.90. The van der Waals surface area contributed by atoms with Crippen LogP contribution < -0.4 is 5.32 Å². The summed E-state index contributed by atoms with van der Waals surface area (Å²) in [6.45, 7) is 4.32.